The average molecular weight is 352 g/mol. The van der Waals surface area contributed by atoms with Crippen LogP contribution in [0.2, 0.25) is 4.34 Å². The van der Waals surface area contributed by atoms with Crippen LogP contribution in [0.5, 0.6) is 0 Å². The summed E-state index contributed by atoms with van der Waals surface area (Å²) in [5, 5.41) is 9.09. The Morgan fingerprint density at radius 3 is 2.45 bits per heavy atom. The summed E-state index contributed by atoms with van der Waals surface area (Å²) in [7, 11) is -3.99. The van der Waals surface area contributed by atoms with Crippen LogP contribution in [0.25, 0.3) is 0 Å². The first kappa shape index (κ1) is 17.7. The van der Waals surface area contributed by atoms with Crippen molar-refractivity contribution in [2.45, 2.75) is 29.8 Å². The van der Waals surface area contributed by atoms with Gasteiger partial charge in [0.25, 0.3) is 0 Å². The number of thiophene rings is 1. The number of alkyl halides is 3. The average Bonchev–Trinajstić information content (AvgIpc) is 2.71. The number of rotatable bonds is 6. The van der Waals surface area contributed by atoms with Crippen LogP contribution < -0.4 is 4.72 Å². The van der Waals surface area contributed by atoms with Gasteiger partial charge in [0.2, 0.25) is 10.0 Å². The van der Waals surface area contributed by atoms with Gasteiger partial charge in [-0.1, -0.05) is 18.5 Å². The van der Waals surface area contributed by atoms with Crippen LogP contribution in [-0.2, 0) is 10.0 Å². The van der Waals surface area contributed by atoms with Crippen LogP contribution in [0.4, 0.5) is 13.2 Å². The maximum absolute atomic E-state index is 12.3. The molecule has 0 bridgehead atoms. The first-order chi connectivity index (χ1) is 9.05. The molecule has 0 amide bonds. The maximum atomic E-state index is 12.3. The first-order valence-electron chi connectivity index (χ1n) is 5.50. The molecule has 0 spiro atoms. The molecular weight excluding hydrogens is 339 g/mol. The van der Waals surface area contributed by atoms with Crippen LogP contribution >= 0.6 is 22.9 Å². The molecule has 0 aliphatic rings. The van der Waals surface area contributed by atoms with E-state index < -0.39 is 41.2 Å². The fraction of sp³-hybridized carbons (Fsp3) is 0.600. The summed E-state index contributed by atoms with van der Waals surface area (Å²) >= 11 is 6.40. The van der Waals surface area contributed by atoms with Gasteiger partial charge in [0.1, 0.15) is 4.21 Å². The molecule has 1 rings (SSSR count). The van der Waals surface area contributed by atoms with E-state index in [1.165, 1.54) is 19.1 Å². The monoisotopic (exact) mass is 351 g/mol. The topological polar surface area (TPSA) is 66.4 Å². The molecule has 0 aliphatic heterocycles. The number of halogens is 4. The van der Waals surface area contributed by atoms with Crippen LogP contribution in [0, 0.1) is 5.92 Å². The van der Waals surface area contributed by atoms with E-state index in [1.54, 1.807) is 0 Å². The van der Waals surface area contributed by atoms with Crippen molar-refractivity contribution in [2.75, 3.05) is 6.61 Å². The Morgan fingerprint density at radius 2 is 2.05 bits per heavy atom. The van der Waals surface area contributed by atoms with E-state index in [0.717, 1.165) is 11.3 Å². The zero-order chi connectivity index (χ0) is 15.6. The van der Waals surface area contributed by atoms with Crippen LogP contribution in [0.1, 0.15) is 13.3 Å². The quantitative estimate of drug-likeness (QED) is 0.828. The van der Waals surface area contributed by atoms with Gasteiger partial charge in [-0.25, -0.2) is 13.1 Å². The molecule has 4 nitrogen and oxygen atoms in total. The highest BCUT2D eigenvalue weighted by Crippen LogP contribution is 2.28. The number of aliphatic hydroxyl groups is 1. The standard InChI is InChI=1S/C10H13ClF3NO3S2/c1-6(4-10(12,13)14)7(5-16)15-20(17,18)9-3-2-8(11)19-9/h2-3,6-7,15-16H,4-5H2,1H3/t6-,7-/m1/s1. The fourth-order valence-electron chi connectivity index (χ4n) is 1.54. The van der Waals surface area contributed by atoms with Crippen molar-refractivity contribution in [3.63, 3.8) is 0 Å². The molecule has 0 aromatic carbocycles. The van der Waals surface area contributed by atoms with Gasteiger partial charge in [-0.15, -0.1) is 11.3 Å². The highest BCUT2D eigenvalue weighted by Gasteiger charge is 2.35. The van der Waals surface area contributed by atoms with E-state index in [9.17, 15) is 21.6 Å². The zero-order valence-electron chi connectivity index (χ0n) is 10.3. The Kier molecular flexibility index (Phi) is 5.85. The van der Waals surface area contributed by atoms with Gasteiger partial charge < -0.3 is 5.11 Å². The van der Waals surface area contributed by atoms with Gasteiger partial charge in [0, 0.05) is 12.5 Å². The lowest BCUT2D eigenvalue weighted by molar-refractivity contribution is -0.145. The SMILES string of the molecule is C[C@H](CC(F)(F)F)[C@@H](CO)NS(=O)(=O)c1ccc(Cl)s1. The summed E-state index contributed by atoms with van der Waals surface area (Å²) in [5.74, 6) is -1.09. The lowest BCUT2D eigenvalue weighted by Gasteiger charge is -2.23. The number of aliphatic hydroxyl groups excluding tert-OH is 1. The van der Waals surface area contributed by atoms with Crippen molar-refractivity contribution in [3.05, 3.63) is 16.5 Å². The molecule has 0 radical (unpaired) electrons. The molecule has 2 N–H and O–H groups in total. The lowest BCUT2D eigenvalue weighted by Crippen LogP contribution is -2.43. The minimum atomic E-state index is -4.43. The zero-order valence-corrected chi connectivity index (χ0v) is 12.7. The fourth-order valence-corrected chi connectivity index (χ4v) is 4.38. The predicted molar refractivity (Wildman–Crippen MR) is 70.4 cm³/mol. The van der Waals surface area contributed by atoms with Crippen molar-refractivity contribution in [1.29, 1.82) is 0 Å². The second-order valence-corrected chi connectivity index (χ2v) is 7.92. The molecule has 10 heteroatoms. The van der Waals surface area contributed by atoms with E-state index in [1.807, 2.05) is 0 Å². The second-order valence-electron chi connectivity index (χ2n) is 4.27. The summed E-state index contributed by atoms with van der Waals surface area (Å²) < 4.78 is 62.9. The molecule has 1 heterocycles. The van der Waals surface area contributed by atoms with Gasteiger partial charge in [0.15, 0.2) is 0 Å². The second kappa shape index (κ2) is 6.61. The van der Waals surface area contributed by atoms with E-state index >= 15 is 0 Å². The molecule has 1 aromatic rings. The third-order valence-electron chi connectivity index (χ3n) is 2.56. The molecule has 0 fully saturated rings. The van der Waals surface area contributed by atoms with Crippen molar-refractivity contribution in [3.8, 4) is 0 Å². The molecule has 20 heavy (non-hydrogen) atoms. The number of nitrogens with one attached hydrogen (secondary N) is 1. The highest BCUT2D eigenvalue weighted by molar-refractivity contribution is 7.91. The van der Waals surface area contributed by atoms with Gasteiger partial charge in [-0.05, 0) is 18.1 Å². The van der Waals surface area contributed by atoms with Crippen LogP contribution in [0.15, 0.2) is 16.3 Å². The van der Waals surface area contributed by atoms with E-state index in [0.29, 0.717) is 0 Å². The molecule has 0 saturated carbocycles. The van der Waals surface area contributed by atoms with E-state index in [2.05, 4.69) is 4.72 Å². The molecule has 116 valence electrons. The summed E-state index contributed by atoms with van der Waals surface area (Å²) in [6.45, 7) is 0.494. The van der Waals surface area contributed by atoms with Crippen molar-refractivity contribution in [1.82, 2.24) is 4.72 Å². The van der Waals surface area contributed by atoms with Gasteiger partial charge >= 0.3 is 6.18 Å². The minimum absolute atomic E-state index is 0.111. The Labute approximate surface area is 123 Å². The third kappa shape index (κ3) is 5.21. The van der Waals surface area contributed by atoms with Crippen molar-refractivity contribution >= 4 is 33.0 Å². The Balaban J connectivity index is 2.82. The predicted octanol–water partition coefficient (Wildman–Crippen LogP) is 2.63. The molecule has 2 atom stereocenters. The third-order valence-corrected chi connectivity index (χ3v) is 5.77. The Hall–Kier alpha value is -0.350. The highest BCUT2D eigenvalue weighted by atomic mass is 35.5. The molecule has 1 aromatic heterocycles. The summed E-state index contributed by atoms with van der Waals surface area (Å²) in [6.07, 6.45) is -5.61. The van der Waals surface area contributed by atoms with Gasteiger partial charge in [0.05, 0.1) is 10.9 Å². The normalized spacial score (nSPS) is 16.1. The first-order valence-corrected chi connectivity index (χ1v) is 8.18. The number of hydrogen-bond donors (Lipinski definition) is 2. The lowest BCUT2D eigenvalue weighted by atomic mass is 10.00. The van der Waals surface area contributed by atoms with E-state index in [-0.39, 0.29) is 8.55 Å². The van der Waals surface area contributed by atoms with Crippen LogP contribution in [-0.4, -0.2) is 32.3 Å². The summed E-state index contributed by atoms with van der Waals surface area (Å²) in [4.78, 5) is 0. The molecule has 0 saturated heterocycles. The minimum Gasteiger partial charge on any atom is -0.395 e. The Morgan fingerprint density at radius 1 is 1.45 bits per heavy atom. The number of sulfonamides is 1. The van der Waals surface area contributed by atoms with Crippen molar-refractivity contribution in [2.24, 2.45) is 5.92 Å². The molecular formula is C10H13ClF3NO3S2. The maximum Gasteiger partial charge on any atom is 0.389 e. The van der Waals surface area contributed by atoms with Gasteiger partial charge in [-0.3, -0.25) is 0 Å². The van der Waals surface area contributed by atoms with Crippen molar-refractivity contribution < 1.29 is 26.7 Å². The van der Waals surface area contributed by atoms with Gasteiger partial charge in [-0.2, -0.15) is 13.2 Å². The summed E-state index contributed by atoms with van der Waals surface area (Å²) in [5.41, 5.74) is 0. The number of hydrogen-bond acceptors (Lipinski definition) is 4. The molecule has 0 unspecified atom stereocenters. The summed E-state index contributed by atoms with van der Waals surface area (Å²) in [6, 6.07) is 1.40. The van der Waals surface area contributed by atoms with E-state index in [4.69, 9.17) is 16.7 Å². The molecule has 0 aliphatic carbocycles. The van der Waals surface area contributed by atoms with Crippen LogP contribution in [0.3, 0.4) is 0 Å². The Bertz CT molecular complexity index is 544. The smallest absolute Gasteiger partial charge is 0.389 e. The largest absolute Gasteiger partial charge is 0.395 e.